The predicted octanol–water partition coefficient (Wildman–Crippen LogP) is 2.72. The van der Waals surface area contributed by atoms with Crippen LogP contribution in [0.15, 0.2) is 17.5 Å². The second-order valence-electron chi connectivity index (χ2n) is 3.59. The standard InChI is InChI=1S/C12H14N2O2S/c1-7-4-10(15-2)11(16-3)5-8(7)9-6-17-12(13)14-9/h4-6H,1-3H3,(H2,13,14). The van der Waals surface area contributed by atoms with Gasteiger partial charge < -0.3 is 15.2 Å². The summed E-state index contributed by atoms with van der Waals surface area (Å²) in [6, 6.07) is 3.85. The molecular weight excluding hydrogens is 236 g/mol. The highest BCUT2D eigenvalue weighted by molar-refractivity contribution is 7.13. The fourth-order valence-electron chi connectivity index (χ4n) is 1.67. The van der Waals surface area contributed by atoms with Gasteiger partial charge >= 0.3 is 0 Å². The van der Waals surface area contributed by atoms with Crippen LogP contribution in [0.25, 0.3) is 11.3 Å². The summed E-state index contributed by atoms with van der Waals surface area (Å²) in [6.07, 6.45) is 0. The van der Waals surface area contributed by atoms with Crippen LogP contribution in [0.5, 0.6) is 11.5 Å². The van der Waals surface area contributed by atoms with Crippen LogP contribution in [-0.2, 0) is 0 Å². The molecule has 0 aliphatic carbocycles. The average molecular weight is 250 g/mol. The first kappa shape index (κ1) is 11.7. The number of nitrogen functional groups attached to an aromatic ring is 1. The van der Waals surface area contributed by atoms with Crippen LogP contribution in [0.3, 0.4) is 0 Å². The molecule has 0 bridgehead atoms. The number of aryl methyl sites for hydroxylation is 1. The molecule has 0 radical (unpaired) electrons. The molecule has 4 nitrogen and oxygen atoms in total. The van der Waals surface area contributed by atoms with Gasteiger partial charge in [-0.1, -0.05) is 0 Å². The van der Waals surface area contributed by atoms with Crippen LogP contribution in [0.4, 0.5) is 5.13 Å². The predicted molar refractivity (Wildman–Crippen MR) is 69.8 cm³/mol. The monoisotopic (exact) mass is 250 g/mol. The van der Waals surface area contributed by atoms with Gasteiger partial charge in [-0.15, -0.1) is 11.3 Å². The van der Waals surface area contributed by atoms with Crippen molar-refractivity contribution in [1.29, 1.82) is 0 Å². The molecule has 2 N–H and O–H groups in total. The van der Waals surface area contributed by atoms with Crippen molar-refractivity contribution >= 4 is 16.5 Å². The zero-order valence-electron chi connectivity index (χ0n) is 9.98. The summed E-state index contributed by atoms with van der Waals surface area (Å²) in [5, 5.41) is 2.50. The minimum Gasteiger partial charge on any atom is -0.493 e. The molecule has 0 unspecified atom stereocenters. The van der Waals surface area contributed by atoms with E-state index in [2.05, 4.69) is 4.98 Å². The Balaban J connectivity index is 2.55. The largest absolute Gasteiger partial charge is 0.493 e. The first-order valence-corrected chi connectivity index (χ1v) is 5.97. The van der Waals surface area contributed by atoms with Gasteiger partial charge in [0.1, 0.15) is 0 Å². The van der Waals surface area contributed by atoms with Crippen molar-refractivity contribution in [1.82, 2.24) is 4.98 Å². The average Bonchev–Trinajstić information content (AvgIpc) is 2.75. The van der Waals surface area contributed by atoms with Gasteiger partial charge in [0.05, 0.1) is 19.9 Å². The number of hydrogen-bond donors (Lipinski definition) is 1. The number of aromatic nitrogens is 1. The van der Waals surface area contributed by atoms with E-state index in [0.717, 1.165) is 22.6 Å². The van der Waals surface area contributed by atoms with Crippen LogP contribution in [-0.4, -0.2) is 19.2 Å². The van der Waals surface area contributed by atoms with Gasteiger partial charge in [-0.25, -0.2) is 4.98 Å². The van der Waals surface area contributed by atoms with Crippen molar-refractivity contribution in [3.8, 4) is 22.8 Å². The maximum absolute atomic E-state index is 5.64. The van der Waals surface area contributed by atoms with Crippen LogP contribution in [0.2, 0.25) is 0 Å². The summed E-state index contributed by atoms with van der Waals surface area (Å²) in [5.74, 6) is 1.41. The van der Waals surface area contributed by atoms with Crippen molar-refractivity contribution in [2.45, 2.75) is 6.92 Å². The molecule has 0 fully saturated rings. The molecule has 17 heavy (non-hydrogen) atoms. The second kappa shape index (κ2) is 4.63. The number of nitrogens with two attached hydrogens (primary N) is 1. The number of hydrogen-bond acceptors (Lipinski definition) is 5. The highest BCUT2D eigenvalue weighted by Crippen LogP contribution is 2.35. The smallest absolute Gasteiger partial charge is 0.180 e. The molecule has 1 aromatic heterocycles. The van der Waals surface area contributed by atoms with Crippen molar-refractivity contribution in [2.24, 2.45) is 0 Å². The lowest BCUT2D eigenvalue weighted by molar-refractivity contribution is 0.355. The molecule has 0 atom stereocenters. The number of rotatable bonds is 3. The molecule has 2 aromatic rings. The summed E-state index contributed by atoms with van der Waals surface area (Å²) < 4.78 is 10.5. The molecule has 1 heterocycles. The number of benzene rings is 1. The fraction of sp³-hybridized carbons (Fsp3) is 0.250. The normalized spacial score (nSPS) is 10.3. The number of methoxy groups -OCH3 is 2. The molecule has 0 spiro atoms. The van der Waals surface area contributed by atoms with Crippen LogP contribution in [0.1, 0.15) is 5.56 Å². The van der Waals surface area contributed by atoms with Crippen molar-refractivity contribution < 1.29 is 9.47 Å². The molecule has 0 aliphatic rings. The maximum atomic E-state index is 5.64. The van der Waals surface area contributed by atoms with E-state index in [1.54, 1.807) is 14.2 Å². The molecular formula is C12H14N2O2S. The van der Waals surface area contributed by atoms with Crippen LogP contribution in [0, 0.1) is 6.92 Å². The quantitative estimate of drug-likeness (QED) is 0.910. The van der Waals surface area contributed by atoms with E-state index in [9.17, 15) is 0 Å². The van der Waals surface area contributed by atoms with E-state index in [-0.39, 0.29) is 0 Å². The number of ether oxygens (including phenoxy) is 2. The lowest BCUT2D eigenvalue weighted by Crippen LogP contribution is -1.93. The molecule has 0 aliphatic heterocycles. The summed E-state index contributed by atoms with van der Waals surface area (Å²) in [7, 11) is 3.24. The first-order valence-electron chi connectivity index (χ1n) is 5.09. The van der Waals surface area contributed by atoms with Gasteiger partial charge in [-0.3, -0.25) is 0 Å². The highest BCUT2D eigenvalue weighted by Gasteiger charge is 2.12. The third-order valence-electron chi connectivity index (χ3n) is 2.53. The number of nitrogens with zero attached hydrogens (tertiary/aromatic N) is 1. The van der Waals surface area contributed by atoms with Gasteiger partial charge in [0.25, 0.3) is 0 Å². The second-order valence-corrected chi connectivity index (χ2v) is 4.48. The van der Waals surface area contributed by atoms with Gasteiger partial charge in [0.15, 0.2) is 16.6 Å². The molecule has 1 aromatic carbocycles. The molecule has 0 saturated carbocycles. The Morgan fingerprint density at radius 2 is 1.82 bits per heavy atom. The van der Waals surface area contributed by atoms with Gasteiger partial charge in [-0.2, -0.15) is 0 Å². The maximum Gasteiger partial charge on any atom is 0.180 e. The molecule has 90 valence electrons. The van der Waals surface area contributed by atoms with Gasteiger partial charge in [-0.05, 0) is 24.6 Å². The van der Waals surface area contributed by atoms with Gasteiger partial charge in [0, 0.05) is 10.9 Å². The Kier molecular flexibility index (Phi) is 3.19. The zero-order valence-corrected chi connectivity index (χ0v) is 10.8. The minimum atomic E-state index is 0.564. The third-order valence-corrected chi connectivity index (χ3v) is 3.20. The van der Waals surface area contributed by atoms with Crippen LogP contribution >= 0.6 is 11.3 Å². The lowest BCUT2D eigenvalue weighted by atomic mass is 10.1. The Labute approximate surface area is 104 Å². The Hall–Kier alpha value is -1.75. The van der Waals surface area contributed by atoms with Gasteiger partial charge in [0.2, 0.25) is 0 Å². The first-order chi connectivity index (χ1) is 8.15. The van der Waals surface area contributed by atoms with E-state index >= 15 is 0 Å². The van der Waals surface area contributed by atoms with E-state index in [1.165, 1.54) is 11.3 Å². The number of anilines is 1. The molecule has 0 amide bonds. The summed E-state index contributed by atoms with van der Waals surface area (Å²) in [5.41, 5.74) is 8.60. The molecule has 5 heteroatoms. The Bertz CT molecular complexity index is 537. The zero-order chi connectivity index (χ0) is 12.4. The molecule has 0 saturated heterocycles. The summed E-state index contributed by atoms with van der Waals surface area (Å²) in [4.78, 5) is 4.27. The van der Waals surface area contributed by atoms with E-state index < -0.39 is 0 Å². The van der Waals surface area contributed by atoms with E-state index in [1.807, 2.05) is 24.4 Å². The topological polar surface area (TPSA) is 57.4 Å². The van der Waals surface area contributed by atoms with Crippen molar-refractivity contribution in [2.75, 3.05) is 20.0 Å². The van der Waals surface area contributed by atoms with Crippen LogP contribution < -0.4 is 15.2 Å². The Morgan fingerprint density at radius 3 is 2.35 bits per heavy atom. The summed E-state index contributed by atoms with van der Waals surface area (Å²) in [6.45, 7) is 2.01. The SMILES string of the molecule is COc1cc(C)c(-c2csc(N)n2)cc1OC. The fourth-order valence-corrected chi connectivity index (χ4v) is 2.23. The van der Waals surface area contributed by atoms with E-state index in [0.29, 0.717) is 10.9 Å². The third kappa shape index (κ3) is 2.19. The van der Waals surface area contributed by atoms with Crippen molar-refractivity contribution in [3.63, 3.8) is 0 Å². The minimum absolute atomic E-state index is 0.564. The molecule has 2 rings (SSSR count). The summed E-state index contributed by atoms with van der Waals surface area (Å²) >= 11 is 1.43. The highest BCUT2D eigenvalue weighted by atomic mass is 32.1. The number of thiazole rings is 1. The lowest BCUT2D eigenvalue weighted by Gasteiger charge is -2.11. The van der Waals surface area contributed by atoms with E-state index in [4.69, 9.17) is 15.2 Å². The van der Waals surface area contributed by atoms with Crippen molar-refractivity contribution in [3.05, 3.63) is 23.1 Å². The Morgan fingerprint density at radius 1 is 1.18 bits per heavy atom.